The van der Waals surface area contributed by atoms with Crippen LogP contribution >= 0.6 is 11.8 Å². The van der Waals surface area contributed by atoms with Crippen LogP contribution in [-0.2, 0) is 11.3 Å². The van der Waals surface area contributed by atoms with Crippen molar-refractivity contribution < 1.29 is 19.1 Å². The van der Waals surface area contributed by atoms with Gasteiger partial charge in [0.2, 0.25) is 12.7 Å². The van der Waals surface area contributed by atoms with Crippen molar-refractivity contribution in [3.05, 3.63) is 77.4 Å². The summed E-state index contributed by atoms with van der Waals surface area (Å²) in [5.74, 6) is 1.40. The van der Waals surface area contributed by atoms with Gasteiger partial charge in [0.05, 0.1) is 5.69 Å². The molecule has 2 aliphatic rings. The van der Waals surface area contributed by atoms with Crippen LogP contribution in [0.1, 0.15) is 28.4 Å². The predicted molar refractivity (Wildman–Crippen MR) is 140 cm³/mol. The molecule has 1 fully saturated rings. The minimum Gasteiger partial charge on any atom is -0.454 e. The molecule has 36 heavy (non-hydrogen) atoms. The highest BCUT2D eigenvalue weighted by Gasteiger charge is 2.24. The van der Waals surface area contributed by atoms with Gasteiger partial charge in [-0.25, -0.2) is 0 Å². The van der Waals surface area contributed by atoms with Gasteiger partial charge in [0.1, 0.15) is 0 Å². The fraction of sp³-hybridized carbons (Fsp3) is 0.286. The molecule has 1 saturated heterocycles. The quantitative estimate of drug-likeness (QED) is 0.522. The van der Waals surface area contributed by atoms with E-state index >= 15 is 0 Å². The van der Waals surface area contributed by atoms with Crippen LogP contribution in [0.2, 0.25) is 0 Å². The molecular weight excluding hydrogens is 474 g/mol. The molecule has 0 atom stereocenters. The van der Waals surface area contributed by atoms with Gasteiger partial charge in [-0.2, -0.15) is 0 Å². The van der Waals surface area contributed by atoms with Crippen LogP contribution in [0.5, 0.6) is 11.5 Å². The van der Waals surface area contributed by atoms with Crippen molar-refractivity contribution in [3.63, 3.8) is 0 Å². The molecule has 186 valence electrons. The van der Waals surface area contributed by atoms with E-state index in [9.17, 15) is 9.59 Å². The van der Waals surface area contributed by atoms with Gasteiger partial charge in [-0.05, 0) is 55.0 Å². The van der Waals surface area contributed by atoms with E-state index in [2.05, 4.69) is 47.5 Å². The number of amides is 2. The van der Waals surface area contributed by atoms with Gasteiger partial charge >= 0.3 is 0 Å². The van der Waals surface area contributed by atoms with E-state index in [4.69, 9.17) is 9.47 Å². The number of piperazine rings is 1. The summed E-state index contributed by atoms with van der Waals surface area (Å²) in [6.07, 6.45) is 0. The van der Waals surface area contributed by atoms with Crippen LogP contribution in [0.15, 0.2) is 70.5 Å². The zero-order valence-electron chi connectivity index (χ0n) is 20.5. The Kier molecular flexibility index (Phi) is 7.16. The van der Waals surface area contributed by atoms with Crippen LogP contribution in [-0.4, -0.2) is 54.6 Å². The van der Waals surface area contributed by atoms with Gasteiger partial charge in [0, 0.05) is 55.0 Å². The molecular formula is C28H29N3O4S. The highest BCUT2D eigenvalue weighted by molar-refractivity contribution is 7.99. The number of carbonyl (C=O) groups is 2. The van der Waals surface area contributed by atoms with E-state index < -0.39 is 0 Å². The highest BCUT2D eigenvalue weighted by Crippen LogP contribution is 2.35. The lowest BCUT2D eigenvalue weighted by Gasteiger charge is -2.35. The monoisotopic (exact) mass is 503 g/mol. The molecule has 2 heterocycles. The summed E-state index contributed by atoms with van der Waals surface area (Å²) in [5, 5.41) is 2.90. The fourth-order valence-electron chi connectivity index (χ4n) is 4.36. The van der Waals surface area contributed by atoms with Crippen molar-refractivity contribution >= 4 is 29.3 Å². The molecule has 1 N–H and O–H groups in total. The highest BCUT2D eigenvalue weighted by atomic mass is 32.2. The molecule has 0 saturated carbocycles. The van der Waals surface area contributed by atoms with Gasteiger partial charge in [-0.15, -0.1) is 0 Å². The molecule has 5 rings (SSSR count). The maximum atomic E-state index is 13.3. The van der Waals surface area contributed by atoms with E-state index in [-0.39, 0.29) is 18.6 Å². The predicted octanol–water partition coefficient (Wildman–Crippen LogP) is 4.79. The minimum atomic E-state index is -0.164. The molecule has 0 bridgehead atoms. The minimum absolute atomic E-state index is 0.0174. The smallest absolute Gasteiger partial charge is 0.254 e. The van der Waals surface area contributed by atoms with Crippen molar-refractivity contribution in [1.82, 2.24) is 9.80 Å². The molecule has 0 aromatic heterocycles. The molecule has 0 aliphatic carbocycles. The number of nitrogens with one attached hydrogen (secondary N) is 1. The second-order valence-corrected chi connectivity index (χ2v) is 10.2. The number of fused-ring (bicyclic) bond motifs is 1. The van der Waals surface area contributed by atoms with Gasteiger partial charge < -0.3 is 19.7 Å². The Balaban J connectivity index is 1.23. The summed E-state index contributed by atoms with van der Waals surface area (Å²) < 4.78 is 10.9. The van der Waals surface area contributed by atoms with E-state index in [1.165, 1.54) is 18.1 Å². The van der Waals surface area contributed by atoms with E-state index in [1.54, 1.807) is 17.8 Å². The first-order valence-electron chi connectivity index (χ1n) is 12.0. The van der Waals surface area contributed by atoms with Gasteiger partial charge in [-0.1, -0.05) is 35.5 Å². The van der Waals surface area contributed by atoms with E-state index in [0.29, 0.717) is 24.3 Å². The summed E-state index contributed by atoms with van der Waals surface area (Å²) in [7, 11) is 0. The first-order chi connectivity index (χ1) is 17.4. The fourth-order valence-corrected chi connectivity index (χ4v) is 5.24. The number of benzene rings is 3. The normalized spacial score (nSPS) is 15.1. The Morgan fingerprint density at radius 1 is 0.917 bits per heavy atom. The third kappa shape index (κ3) is 5.66. The third-order valence-electron chi connectivity index (χ3n) is 6.29. The summed E-state index contributed by atoms with van der Waals surface area (Å²) in [6.45, 7) is 7.49. The summed E-state index contributed by atoms with van der Waals surface area (Å²) in [6, 6.07) is 19.8. The molecule has 8 heteroatoms. The SMILES string of the molecule is CC(=O)Nc1cc(C(=O)N2CCN(Cc3ccc4c(c3)OCO4)CC2)ccc1Sc1ccc(C)cc1. The third-order valence-corrected chi connectivity index (χ3v) is 7.37. The number of hydrogen-bond donors (Lipinski definition) is 1. The molecule has 3 aromatic rings. The van der Waals surface area contributed by atoms with Gasteiger partial charge in [-0.3, -0.25) is 14.5 Å². The van der Waals surface area contributed by atoms with Gasteiger partial charge in [0.15, 0.2) is 11.5 Å². The summed E-state index contributed by atoms with van der Waals surface area (Å²) >= 11 is 1.57. The van der Waals surface area contributed by atoms with Crippen LogP contribution in [0, 0.1) is 6.92 Å². The maximum Gasteiger partial charge on any atom is 0.254 e. The standard InChI is InChI=1S/C28H29N3O4S/c1-19-3-7-23(8-4-19)36-27-10-6-22(16-24(27)29-20(2)32)28(33)31-13-11-30(12-14-31)17-21-5-9-25-26(15-21)35-18-34-25/h3-10,15-16H,11-14,17-18H2,1-2H3,(H,29,32). The molecule has 2 amide bonds. The number of aryl methyl sites for hydroxylation is 1. The zero-order chi connectivity index (χ0) is 25.1. The van der Waals surface area contributed by atoms with E-state index in [0.717, 1.165) is 40.9 Å². The molecule has 0 spiro atoms. The molecule has 0 radical (unpaired) electrons. The van der Waals surface area contributed by atoms with Gasteiger partial charge in [0.25, 0.3) is 5.91 Å². The largest absolute Gasteiger partial charge is 0.454 e. The van der Waals surface area contributed by atoms with Crippen molar-refractivity contribution in [2.45, 2.75) is 30.2 Å². The number of rotatable bonds is 6. The average molecular weight is 504 g/mol. The number of ether oxygens (including phenoxy) is 2. The molecule has 7 nitrogen and oxygen atoms in total. The number of hydrogen-bond acceptors (Lipinski definition) is 6. The van der Waals surface area contributed by atoms with E-state index in [1.807, 2.05) is 29.2 Å². The Morgan fingerprint density at radius 3 is 2.42 bits per heavy atom. The lowest BCUT2D eigenvalue weighted by atomic mass is 10.1. The first kappa shape index (κ1) is 24.2. The second kappa shape index (κ2) is 10.6. The average Bonchev–Trinajstić information content (AvgIpc) is 3.34. The Bertz CT molecular complexity index is 1270. The lowest BCUT2D eigenvalue weighted by Crippen LogP contribution is -2.48. The topological polar surface area (TPSA) is 71.1 Å². The van der Waals surface area contributed by atoms with Crippen LogP contribution in [0.3, 0.4) is 0 Å². The first-order valence-corrected chi connectivity index (χ1v) is 12.8. The number of anilines is 1. The Hall–Kier alpha value is -3.49. The van der Waals surface area contributed by atoms with Crippen molar-refractivity contribution in [3.8, 4) is 11.5 Å². The summed E-state index contributed by atoms with van der Waals surface area (Å²) in [5.41, 5.74) is 3.59. The molecule has 3 aromatic carbocycles. The molecule has 2 aliphatic heterocycles. The van der Waals surface area contributed by atoms with Crippen LogP contribution in [0.25, 0.3) is 0 Å². The summed E-state index contributed by atoms with van der Waals surface area (Å²) in [4.78, 5) is 31.4. The van der Waals surface area contributed by atoms with Crippen molar-refractivity contribution in [2.24, 2.45) is 0 Å². The van der Waals surface area contributed by atoms with Crippen molar-refractivity contribution in [2.75, 3.05) is 38.3 Å². The van der Waals surface area contributed by atoms with Crippen LogP contribution in [0.4, 0.5) is 5.69 Å². The second-order valence-electron chi connectivity index (χ2n) is 9.06. The Morgan fingerprint density at radius 2 is 1.67 bits per heavy atom. The van der Waals surface area contributed by atoms with Crippen molar-refractivity contribution in [1.29, 1.82) is 0 Å². The Labute approximate surface area is 215 Å². The number of nitrogens with zero attached hydrogens (tertiary/aromatic N) is 2. The maximum absolute atomic E-state index is 13.3. The molecule has 0 unspecified atom stereocenters. The lowest BCUT2D eigenvalue weighted by molar-refractivity contribution is -0.114. The zero-order valence-corrected chi connectivity index (χ0v) is 21.3. The van der Waals surface area contributed by atoms with Crippen LogP contribution < -0.4 is 14.8 Å². The number of carbonyl (C=O) groups excluding carboxylic acids is 2.